The van der Waals surface area contributed by atoms with Crippen molar-refractivity contribution in [2.45, 2.75) is 24.8 Å². The predicted molar refractivity (Wildman–Crippen MR) is 70.5 cm³/mol. The van der Waals surface area contributed by atoms with Crippen molar-refractivity contribution in [2.24, 2.45) is 0 Å². The minimum absolute atomic E-state index is 0.188. The van der Waals surface area contributed by atoms with Crippen molar-refractivity contribution in [2.75, 3.05) is 20.3 Å². The molecular weight excluding hydrogens is 339 g/mol. The van der Waals surface area contributed by atoms with E-state index < -0.39 is 30.0 Å². The summed E-state index contributed by atoms with van der Waals surface area (Å²) in [7, 11) is 1.00. The maximum atomic E-state index is 12.1. The first-order valence-corrected chi connectivity index (χ1v) is 5.86. The summed E-state index contributed by atoms with van der Waals surface area (Å²) < 4.78 is 63.8. The topological polar surface area (TPSA) is 72.8 Å². The summed E-state index contributed by atoms with van der Waals surface area (Å²) in [5.74, 6) is -1.58. The molecule has 1 N–H and O–H groups in total. The van der Waals surface area contributed by atoms with Crippen LogP contribution in [0.15, 0.2) is 12.7 Å². The van der Waals surface area contributed by atoms with Crippen molar-refractivity contribution in [3.05, 3.63) is 12.7 Å². The summed E-state index contributed by atoms with van der Waals surface area (Å²) >= 11 is 2.86. The van der Waals surface area contributed by atoms with Crippen LogP contribution >= 0.6 is 12.6 Å². The molecule has 5 nitrogen and oxygen atoms in total. The molecule has 0 aromatic carbocycles. The van der Waals surface area contributed by atoms with E-state index in [4.69, 9.17) is 5.11 Å². The molecule has 0 saturated carbocycles. The predicted octanol–water partition coefficient (Wildman–Crippen LogP) is 2.35. The van der Waals surface area contributed by atoms with E-state index >= 15 is 0 Å². The number of thiol groups is 1. The molecule has 0 heterocycles. The number of aliphatic hydroxyl groups excluding tert-OH is 1. The molecule has 0 fully saturated rings. The van der Waals surface area contributed by atoms with Crippen LogP contribution in [0.4, 0.5) is 22.0 Å². The molecule has 0 aliphatic carbocycles. The van der Waals surface area contributed by atoms with E-state index in [1.54, 1.807) is 0 Å². The third-order valence-electron chi connectivity index (χ3n) is 1.12. The Balaban J connectivity index is -0.000000434. The summed E-state index contributed by atoms with van der Waals surface area (Å²) in [6.07, 6.45) is -3.36. The van der Waals surface area contributed by atoms with Gasteiger partial charge in [-0.25, -0.2) is 4.79 Å². The summed E-state index contributed by atoms with van der Waals surface area (Å²) in [5.41, 5.74) is 0. The smallest absolute Gasteiger partial charge is 0.386 e. The second-order valence-electron chi connectivity index (χ2n) is 3.23. The van der Waals surface area contributed by atoms with E-state index in [2.05, 4.69) is 28.7 Å². The van der Waals surface area contributed by atoms with E-state index in [1.807, 2.05) is 0 Å². The highest BCUT2D eigenvalue weighted by Crippen LogP contribution is 2.17. The number of aliphatic hydroxyl groups is 1. The minimum atomic E-state index is -4.00. The Morgan fingerprint density at radius 2 is 1.59 bits per heavy atom. The highest BCUT2D eigenvalue weighted by atomic mass is 32.1. The number of alkyl halides is 5. The van der Waals surface area contributed by atoms with Gasteiger partial charge in [0.15, 0.2) is 6.61 Å². The largest absolute Gasteiger partial charge is 0.462 e. The Kier molecular flexibility index (Phi) is 15.5. The molecule has 0 bridgehead atoms. The first kappa shape index (κ1) is 25.6. The van der Waals surface area contributed by atoms with Crippen LogP contribution in [0.3, 0.4) is 0 Å². The van der Waals surface area contributed by atoms with Crippen molar-refractivity contribution in [1.29, 1.82) is 0 Å². The minimum Gasteiger partial charge on any atom is -0.462 e. The molecule has 0 aromatic rings. The number of ether oxygens (including phenoxy) is 2. The molecule has 0 aliphatic rings. The lowest BCUT2D eigenvalue weighted by Gasteiger charge is -2.09. The van der Waals surface area contributed by atoms with Crippen molar-refractivity contribution >= 4 is 24.6 Å². The van der Waals surface area contributed by atoms with Gasteiger partial charge in [-0.1, -0.05) is 6.58 Å². The van der Waals surface area contributed by atoms with Crippen LogP contribution in [-0.2, 0) is 19.1 Å². The molecule has 0 rings (SSSR count). The van der Waals surface area contributed by atoms with Crippen LogP contribution in [0, 0.1) is 0 Å². The zero-order valence-electron chi connectivity index (χ0n) is 11.8. The SMILES string of the molecule is C=CC(=O)OCCC(=O)OCC(F)(F)S.CC(F)(F)F.CO. The quantitative estimate of drug-likeness (QED) is 0.331. The Labute approximate surface area is 129 Å². The van der Waals surface area contributed by atoms with Gasteiger partial charge in [-0.05, 0) is 0 Å². The molecule has 0 aliphatic heterocycles. The molecule has 0 amide bonds. The summed E-state index contributed by atoms with van der Waals surface area (Å²) in [5, 5.41) is 3.65. The fraction of sp³-hybridized carbons (Fsp3) is 0.636. The molecule has 0 radical (unpaired) electrons. The van der Waals surface area contributed by atoms with Gasteiger partial charge in [0.25, 0.3) is 0 Å². The average molecular weight is 356 g/mol. The summed E-state index contributed by atoms with van der Waals surface area (Å²) in [4.78, 5) is 21.2. The fourth-order valence-corrected chi connectivity index (χ4v) is 0.598. The van der Waals surface area contributed by atoms with Crippen LogP contribution < -0.4 is 0 Å². The van der Waals surface area contributed by atoms with E-state index in [-0.39, 0.29) is 20.0 Å². The zero-order valence-corrected chi connectivity index (χ0v) is 12.7. The Morgan fingerprint density at radius 1 is 1.18 bits per heavy atom. The standard InChI is InChI=1S/C8H10F2O4S.C2H3F3.CH4O/c1-2-6(11)13-4-3-7(12)14-5-8(9,10)15;1-2(3,4)5;1-2/h2,15H,1,3-5H2;1H3;2H,1H3. The van der Waals surface area contributed by atoms with Crippen LogP contribution in [0.5, 0.6) is 0 Å². The molecule has 132 valence electrons. The molecule has 0 unspecified atom stereocenters. The van der Waals surface area contributed by atoms with E-state index in [9.17, 15) is 31.5 Å². The van der Waals surface area contributed by atoms with Crippen molar-refractivity contribution in [3.8, 4) is 0 Å². The van der Waals surface area contributed by atoms with Gasteiger partial charge >= 0.3 is 23.4 Å². The van der Waals surface area contributed by atoms with E-state index in [0.29, 0.717) is 0 Å². The van der Waals surface area contributed by atoms with Crippen molar-refractivity contribution < 1.29 is 46.1 Å². The van der Waals surface area contributed by atoms with Gasteiger partial charge in [0.1, 0.15) is 6.61 Å². The zero-order chi connectivity index (χ0) is 18.4. The maximum Gasteiger partial charge on any atom is 0.386 e. The van der Waals surface area contributed by atoms with Crippen molar-refractivity contribution in [1.82, 2.24) is 0 Å². The third kappa shape index (κ3) is 36.3. The number of hydrogen-bond donors (Lipinski definition) is 2. The first-order valence-electron chi connectivity index (χ1n) is 5.41. The number of carbonyl (C=O) groups is 2. The lowest BCUT2D eigenvalue weighted by atomic mass is 10.4. The van der Waals surface area contributed by atoms with Crippen LogP contribution in [-0.4, -0.2) is 48.8 Å². The number of carbonyl (C=O) groups excluding carboxylic acids is 2. The van der Waals surface area contributed by atoms with Crippen LogP contribution in [0.1, 0.15) is 13.3 Å². The lowest BCUT2D eigenvalue weighted by molar-refractivity contribution is -0.151. The normalized spacial score (nSPS) is 10.2. The highest BCUT2D eigenvalue weighted by Gasteiger charge is 2.24. The molecule has 22 heavy (non-hydrogen) atoms. The molecule has 0 saturated heterocycles. The summed E-state index contributed by atoms with van der Waals surface area (Å²) in [6.45, 7) is 1.97. The Morgan fingerprint density at radius 3 is 1.91 bits per heavy atom. The van der Waals surface area contributed by atoms with E-state index in [0.717, 1.165) is 13.2 Å². The van der Waals surface area contributed by atoms with Crippen molar-refractivity contribution in [3.63, 3.8) is 0 Å². The van der Waals surface area contributed by atoms with Gasteiger partial charge in [-0.15, -0.1) is 12.6 Å². The van der Waals surface area contributed by atoms with Gasteiger partial charge in [-0.3, -0.25) is 4.79 Å². The molecular formula is C11H17F5O5S. The van der Waals surface area contributed by atoms with Gasteiger partial charge < -0.3 is 14.6 Å². The second-order valence-corrected chi connectivity index (χ2v) is 3.88. The molecule has 11 heteroatoms. The molecule has 0 spiro atoms. The number of rotatable bonds is 6. The number of hydrogen-bond acceptors (Lipinski definition) is 6. The Hall–Kier alpha value is -1.36. The van der Waals surface area contributed by atoms with Gasteiger partial charge in [0.2, 0.25) is 0 Å². The number of esters is 2. The highest BCUT2D eigenvalue weighted by molar-refractivity contribution is 7.81. The molecule has 0 atom stereocenters. The first-order chi connectivity index (χ1) is 9.85. The summed E-state index contributed by atoms with van der Waals surface area (Å²) in [6, 6.07) is 0. The monoisotopic (exact) mass is 356 g/mol. The average Bonchev–Trinajstić information content (AvgIpc) is 2.36. The lowest BCUT2D eigenvalue weighted by Crippen LogP contribution is -2.20. The fourth-order valence-electron chi connectivity index (χ4n) is 0.533. The van der Waals surface area contributed by atoms with Gasteiger partial charge in [0, 0.05) is 20.1 Å². The third-order valence-corrected chi connectivity index (χ3v) is 1.25. The van der Waals surface area contributed by atoms with Crippen LogP contribution in [0.2, 0.25) is 0 Å². The maximum absolute atomic E-state index is 12.1. The Bertz CT molecular complexity index is 322. The number of halogens is 5. The van der Waals surface area contributed by atoms with Gasteiger partial charge in [-0.2, -0.15) is 22.0 Å². The molecule has 0 aromatic heterocycles. The van der Waals surface area contributed by atoms with Gasteiger partial charge in [0.05, 0.1) is 6.42 Å². The van der Waals surface area contributed by atoms with Crippen LogP contribution in [0.25, 0.3) is 0 Å². The van der Waals surface area contributed by atoms with E-state index in [1.165, 1.54) is 0 Å². The second kappa shape index (κ2) is 13.3.